The monoisotopic (exact) mass is 396 g/mol. The molecule has 1 aliphatic rings. The molecule has 2 aromatic carbocycles. The summed E-state index contributed by atoms with van der Waals surface area (Å²) in [5.41, 5.74) is 0.402. The van der Waals surface area contributed by atoms with E-state index in [0.29, 0.717) is 13.2 Å². The minimum absolute atomic E-state index is 0.00819. The first-order valence-electron chi connectivity index (χ1n) is 8.27. The SMILES string of the molecule is O=C(NCc1cc(F)cc(F)c1)c1cccc(S(=O)(=O)N2CCOCC2)c1. The number of rotatable bonds is 5. The first kappa shape index (κ1) is 19.4. The molecular weight excluding hydrogens is 378 g/mol. The molecule has 1 N–H and O–H groups in total. The Morgan fingerprint density at radius 1 is 1.07 bits per heavy atom. The van der Waals surface area contributed by atoms with Gasteiger partial charge in [0.15, 0.2) is 0 Å². The van der Waals surface area contributed by atoms with E-state index >= 15 is 0 Å². The van der Waals surface area contributed by atoms with Gasteiger partial charge in [-0.15, -0.1) is 0 Å². The maximum atomic E-state index is 13.2. The highest BCUT2D eigenvalue weighted by atomic mass is 32.2. The van der Waals surface area contributed by atoms with Gasteiger partial charge < -0.3 is 10.1 Å². The maximum Gasteiger partial charge on any atom is 0.251 e. The Kier molecular flexibility index (Phi) is 5.83. The number of benzene rings is 2. The molecule has 0 bridgehead atoms. The molecule has 144 valence electrons. The third-order valence-corrected chi connectivity index (χ3v) is 5.97. The van der Waals surface area contributed by atoms with Crippen molar-refractivity contribution in [3.8, 4) is 0 Å². The molecule has 0 atom stereocenters. The lowest BCUT2D eigenvalue weighted by atomic mass is 10.2. The van der Waals surface area contributed by atoms with Crippen LogP contribution in [0.3, 0.4) is 0 Å². The fourth-order valence-corrected chi connectivity index (χ4v) is 4.19. The second-order valence-electron chi connectivity index (χ2n) is 6.00. The minimum Gasteiger partial charge on any atom is -0.379 e. The van der Waals surface area contributed by atoms with Crippen LogP contribution in [-0.4, -0.2) is 44.9 Å². The summed E-state index contributed by atoms with van der Waals surface area (Å²) in [7, 11) is -3.72. The highest BCUT2D eigenvalue weighted by Gasteiger charge is 2.26. The summed E-state index contributed by atoms with van der Waals surface area (Å²) < 4.78 is 58.2. The highest BCUT2D eigenvalue weighted by molar-refractivity contribution is 7.89. The van der Waals surface area contributed by atoms with Crippen molar-refractivity contribution in [2.45, 2.75) is 11.4 Å². The van der Waals surface area contributed by atoms with Gasteiger partial charge in [-0.3, -0.25) is 4.79 Å². The Bertz CT molecular complexity index is 924. The summed E-state index contributed by atoms with van der Waals surface area (Å²) >= 11 is 0. The van der Waals surface area contributed by atoms with Gasteiger partial charge in [-0.25, -0.2) is 17.2 Å². The molecule has 1 heterocycles. The van der Waals surface area contributed by atoms with E-state index in [4.69, 9.17) is 4.74 Å². The summed E-state index contributed by atoms with van der Waals surface area (Å²) in [5, 5.41) is 2.53. The zero-order chi connectivity index (χ0) is 19.4. The average molecular weight is 396 g/mol. The molecule has 1 fully saturated rings. The molecule has 1 amide bonds. The lowest BCUT2D eigenvalue weighted by molar-refractivity contribution is 0.0730. The van der Waals surface area contributed by atoms with Crippen molar-refractivity contribution >= 4 is 15.9 Å². The summed E-state index contributed by atoms with van der Waals surface area (Å²) in [4.78, 5) is 12.3. The molecule has 1 saturated heterocycles. The molecule has 1 aliphatic heterocycles. The molecule has 0 aliphatic carbocycles. The van der Waals surface area contributed by atoms with E-state index in [-0.39, 0.29) is 35.7 Å². The van der Waals surface area contributed by atoms with E-state index in [0.717, 1.165) is 18.2 Å². The van der Waals surface area contributed by atoms with E-state index < -0.39 is 27.6 Å². The van der Waals surface area contributed by atoms with Crippen molar-refractivity contribution < 1.29 is 26.7 Å². The van der Waals surface area contributed by atoms with Crippen LogP contribution in [0.15, 0.2) is 47.4 Å². The number of sulfonamides is 1. The first-order valence-corrected chi connectivity index (χ1v) is 9.71. The second kappa shape index (κ2) is 8.12. The first-order chi connectivity index (χ1) is 12.9. The van der Waals surface area contributed by atoms with Crippen LogP contribution >= 0.6 is 0 Å². The van der Waals surface area contributed by atoms with Gasteiger partial charge in [0, 0.05) is 31.3 Å². The van der Waals surface area contributed by atoms with E-state index in [1.165, 1.54) is 28.6 Å². The molecule has 0 radical (unpaired) electrons. The third-order valence-electron chi connectivity index (χ3n) is 4.08. The van der Waals surface area contributed by atoms with Crippen molar-refractivity contribution in [2.24, 2.45) is 0 Å². The number of carbonyl (C=O) groups is 1. The lowest BCUT2D eigenvalue weighted by Crippen LogP contribution is -2.40. The number of hydrogen-bond acceptors (Lipinski definition) is 4. The minimum atomic E-state index is -3.72. The molecule has 2 aromatic rings. The predicted octanol–water partition coefficient (Wildman–Crippen LogP) is 1.92. The Morgan fingerprint density at radius 3 is 2.41 bits per heavy atom. The Morgan fingerprint density at radius 2 is 1.74 bits per heavy atom. The van der Waals surface area contributed by atoms with Crippen LogP contribution in [0.4, 0.5) is 8.78 Å². The van der Waals surface area contributed by atoms with Crippen molar-refractivity contribution in [3.63, 3.8) is 0 Å². The number of ether oxygens (including phenoxy) is 1. The third kappa shape index (κ3) is 4.68. The van der Waals surface area contributed by atoms with E-state index in [9.17, 15) is 22.0 Å². The van der Waals surface area contributed by atoms with Crippen LogP contribution in [0.1, 0.15) is 15.9 Å². The average Bonchev–Trinajstić information content (AvgIpc) is 2.66. The molecule has 6 nitrogen and oxygen atoms in total. The molecule has 9 heteroatoms. The number of carbonyl (C=O) groups excluding carboxylic acids is 1. The van der Waals surface area contributed by atoms with Crippen molar-refractivity contribution in [2.75, 3.05) is 26.3 Å². The Balaban J connectivity index is 1.73. The molecule has 0 saturated carbocycles. The smallest absolute Gasteiger partial charge is 0.251 e. The van der Waals surface area contributed by atoms with Gasteiger partial charge >= 0.3 is 0 Å². The lowest BCUT2D eigenvalue weighted by Gasteiger charge is -2.26. The van der Waals surface area contributed by atoms with Crippen molar-refractivity contribution in [3.05, 3.63) is 65.2 Å². The van der Waals surface area contributed by atoms with Crippen LogP contribution in [0.2, 0.25) is 0 Å². The number of halogens is 2. The summed E-state index contributed by atoms with van der Waals surface area (Å²) in [6.45, 7) is 1.06. The second-order valence-corrected chi connectivity index (χ2v) is 7.94. The van der Waals surface area contributed by atoms with Crippen LogP contribution in [0.5, 0.6) is 0 Å². The molecule has 27 heavy (non-hydrogen) atoms. The van der Waals surface area contributed by atoms with E-state index in [2.05, 4.69) is 5.32 Å². The number of nitrogens with one attached hydrogen (secondary N) is 1. The van der Waals surface area contributed by atoms with Crippen LogP contribution in [0.25, 0.3) is 0 Å². The molecular formula is C18H18F2N2O4S. The quantitative estimate of drug-likeness (QED) is 0.838. The van der Waals surface area contributed by atoms with Crippen LogP contribution in [0, 0.1) is 11.6 Å². The summed E-state index contributed by atoms with van der Waals surface area (Å²) in [6.07, 6.45) is 0. The van der Waals surface area contributed by atoms with E-state index in [1.807, 2.05) is 0 Å². The van der Waals surface area contributed by atoms with Gasteiger partial charge in [-0.05, 0) is 35.9 Å². The molecule has 0 unspecified atom stereocenters. The summed E-state index contributed by atoms with van der Waals surface area (Å²) in [6, 6.07) is 8.62. The van der Waals surface area contributed by atoms with Gasteiger partial charge in [-0.1, -0.05) is 6.07 Å². The largest absolute Gasteiger partial charge is 0.379 e. The van der Waals surface area contributed by atoms with Gasteiger partial charge in [0.2, 0.25) is 10.0 Å². The predicted molar refractivity (Wildman–Crippen MR) is 93.5 cm³/mol. The normalized spacial score (nSPS) is 15.5. The fraction of sp³-hybridized carbons (Fsp3) is 0.278. The van der Waals surface area contributed by atoms with Crippen molar-refractivity contribution in [1.82, 2.24) is 9.62 Å². The van der Waals surface area contributed by atoms with Gasteiger partial charge in [0.25, 0.3) is 5.91 Å². The maximum absolute atomic E-state index is 13.2. The zero-order valence-electron chi connectivity index (χ0n) is 14.3. The zero-order valence-corrected chi connectivity index (χ0v) is 15.1. The number of amides is 1. The van der Waals surface area contributed by atoms with Gasteiger partial charge in [-0.2, -0.15) is 4.31 Å². The number of hydrogen-bond donors (Lipinski definition) is 1. The fourth-order valence-electron chi connectivity index (χ4n) is 2.73. The highest BCUT2D eigenvalue weighted by Crippen LogP contribution is 2.18. The van der Waals surface area contributed by atoms with Gasteiger partial charge in [0.05, 0.1) is 18.1 Å². The van der Waals surface area contributed by atoms with Crippen LogP contribution < -0.4 is 5.32 Å². The molecule has 0 aromatic heterocycles. The molecule has 3 rings (SSSR count). The standard InChI is InChI=1S/C18H18F2N2O4S/c19-15-8-13(9-16(20)11-15)12-21-18(23)14-2-1-3-17(10-14)27(24,25)22-4-6-26-7-5-22/h1-3,8-11H,4-7,12H2,(H,21,23). The number of nitrogens with zero attached hydrogens (tertiary/aromatic N) is 1. The number of morpholine rings is 1. The Hall–Kier alpha value is -2.36. The summed E-state index contributed by atoms with van der Waals surface area (Å²) in [5.74, 6) is -2.02. The topological polar surface area (TPSA) is 75.7 Å². The van der Waals surface area contributed by atoms with Crippen molar-refractivity contribution in [1.29, 1.82) is 0 Å². The van der Waals surface area contributed by atoms with E-state index in [1.54, 1.807) is 0 Å². The van der Waals surface area contributed by atoms with Crippen LogP contribution in [-0.2, 0) is 21.3 Å². The Labute approximate surface area is 155 Å². The van der Waals surface area contributed by atoms with Gasteiger partial charge in [0.1, 0.15) is 11.6 Å². The molecule has 0 spiro atoms.